The fourth-order valence-electron chi connectivity index (χ4n) is 2.79. The number of aromatic nitrogens is 2. The number of rotatable bonds is 7. The molecule has 1 amide bonds. The van der Waals surface area contributed by atoms with Crippen LogP contribution in [0.1, 0.15) is 12.0 Å². The molecule has 0 saturated heterocycles. The molecule has 0 atom stereocenters. The minimum absolute atomic E-state index is 0.0769. The molecule has 0 fully saturated rings. The lowest BCUT2D eigenvalue weighted by Gasteiger charge is -2.08. The first-order chi connectivity index (χ1) is 14.1. The molecule has 3 aromatic heterocycles. The molecule has 0 bridgehead atoms. The highest BCUT2D eigenvalue weighted by Crippen LogP contribution is 2.33. The van der Waals surface area contributed by atoms with E-state index in [0.717, 1.165) is 16.9 Å². The first-order valence-electron chi connectivity index (χ1n) is 8.97. The van der Waals surface area contributed by atoms with Gasteiger partial charge in [-0.3, -0.25) is 4.79 Å². The summed E-state index contributed by atoms with van der Waals surface area (Å²) >= 11 is 7.46. The van der Waals surface area contributed by atoms with Crippen molar-refractivity contribution < 1.29 is 13.6 Å². The van der Waals surface area contributed by atoms with E-state index in [1.54, 1.807) is 24.7 Å². The van der Waals surface area contributed by atoms with Gasteiger partial charge in [-0.2, -0.15) is 0 Å². The van der Waals surface area contributed by atoms with Crippen LogP contribution in [0, 0.1) is 6.92 Å². The molecule has 2 N–H and O–H groups in total. The summed E-state index contributed by atoms with van der Waals surface area (Å²) in [5, 5.41) is 4.18. The molecule has 29 heavy (non-hydrogen) atoms. The van der Waals surface area contributed by atoms with Crippen molar-refractivity contribution in [2.75, 3.05) is 11.1 Å². The maximum atomic E-state index is 12.3. The fourth-order valence-corrected chi connectivity index (χ4v) is 3.78. The third-order valence-electron chi connectivity index (χ3n) is 4.25. The number of halogens is 1. The summed E-state index contributed by atoms with van der Waals surface area (Å²) in [5.74, 6) is 1.80. The van der Waals surface area contributed by atoms with Gasteiger partial charge in [0, 0.05) is 22.9 Å². The minimum atomic E-state index is -0.0769. The van der Waals surface area contributed by atoms with Crippen LogP contribution in [-0.4, -0.2) is 21.6 Å². The number of hydrogen-bond acceptors (Lipinski definition) is 5. The third-order valence-corrected chi connectivity index (χ3v) is 5.36. The van der Waals surface area contributed by atoms with Crippen LogP contribution in [0.25, 0.3) is 22.9 Å². The number of anilines is 1. The first-order valence-corrected chi connectivity index (χ1v) is 10.3. The Labute approximate surface area is 176 Å². The number of aryl methyl sites for hydroxylation is 1. The maximum Gasteiger partial charge on any atom is 0.225 e. The third kappa shape index (κ3) is 4.58. The molecular weight excluding hydrogens is 410 g/mol. The molecule has 0 unspecified atom stereocenters. The standard InChI is InChI=1S/C21H18ClN3O3S/c1-13-6-7-14(22)12-15(13)23-18(26)8-11-29-21-24-19(16-4-2-9-27-16)20(25-21)17-5-3-10-28-17/h2-7,9-10,12H,8,11H2,1H3,(H,23,26)(H,24,25). The molecule has 148 valence electrons. The average Bonchev–Trinajstić information content (AvgIpc) is 3.45. The van der Waals surface area contributed by atoms with Gasteiger partial charge in [0.05, 0.1) is 12.5 Å². The largest absolute Gasteiger partial charge is 0.463 e. The molecule has 0 spiro atoms. The number of hydrogen-bond donors (Lipinski definition) is 2. The Bertz CT molecular complexity index is 1050. The maximum absolute atomic E-state index is 12.3. The Morgan fingerprint density at radius 2 is 1.93 bits per heavy atom. The van der Waals surface area contributed by atoms with Crippen LogP contribution >= 0.6 is 23.4 Å². The van der Waals surface area contributed by atoms with Gasteiger partial charge in [0.1, 0.15) is 11.4 Å². The van der Waals surface area contributed by atoms with E-state index in [9.17, 15) is 4.79 Å². The van der Waals surface area contributed by atoms with Gasteiger partial charge >= 0.3 is 0 Å². The highest BCUT2D eigenvalue weighted by atomic mass is 35.5. The van der Waals surface area contributed by atoms with Gasteiger partial charge < -0.3 is 19.1 Å². The van der Waals surface area contributed by atoms with Crippen LogP contribution < -0.4 is 5.32 Å². The van der Waals surface area contributed by atoms with Gasteiger partial charge in [-0.05, 0) is 48.9 Å². The Morgan fingerprint density at radius 3 is 2.66 bits per heavy atom. The second-order valence-electron chi connectivity index (χ2n) is 6.33. The predicted octanol–water partition coefficient (Wildman–Crippen LogP) is 6.01. The fraction of sp³-hybridized carbons (Fsp3) is 0.143. The Balaban J connectivity index is 1.42. The lowest BCUT2D eigenvalue weighted by atomic mass is 10.2. The Morgan fingerprint density at radius 1 is 1.17 bits per heavy atom. The number of nitrogens with zero attached hydrogens (tertiary/aromatic N) is 1. The van der Waals surface area contributed by atoms with Crippen LogP contribution in [0.15, 0.2) is 69.0 Å². The number of nitrogens with one attached hydrogen (secondary N) is 2. The molecule has 0 aliphatic carbocycles. The van der Waals surface area contributed by atoms with Crippen LogP contribution in [-0.2, 0) is 4.79 Å². The summed E-state index contributed by atoms with van der Waals surface area (Å²) in [5.41, 5.74) is 3.11. The second kappa shape index (κ2) is 8.63. The van der Waals surface area contributed by atoms with Crippen molar-refractivity contribution in [2.45, 2.75) is 18.5 Å². The number of H-pyrrole nitrogens is 1. The smallest absolute Gasteiger partial charge is 0.225 e. The van der Waals surface area contributed by atoms with Crippen molar-refractivity contribution in [3.8, 4) is 22.9 Å². The number of amides is 1. The number of thioether (sulfide) groups is 1. The summed E-state index contributed by atoms with van der Waals surface area (Å²) in [4.78, 5) is 20.2. The molecule has 1 aromatic carbocycles. The molecule has 3 heterocycles. The second-order valence-corrected chi connectivity index (χ2v) is 7.85. The minimum Gasteiger partial charge on any atom is -0.463 e. The number of imidazole rings is 1. The summed E-state index contributed by atoms with van der Waals surface area (Å²) in [7, 11) is 0. The lowest BCUT2D eigenvalue weighted by molar-refractivity contribution is -0.115. The average molecular weight is 428 g/mol. The van der Waals surface area contributed by atoms with Gasteiger partial charge in [0.2, 0.25) is 5.91 Å². The van der Waals surface area contributed by atoms with Gasteiger partial charge in [-0.15, -0.1) is 0 Å². The number of furan rings is 2. The van der Waals surface area contributed by atoms with E-state index in [4.69, 9.17) is 20.4 Å². The summed E-state index contributed by atoms with van der Waals surface area (Å²) in [6.45, 7) is 1.93. The molecule has 8 heteroatoms. The van der Waals surface area contributed by atoms with Crippen molar-refractivity contribution in [3.63, 3.8) is 0 Å². The van der Waals surface area contributed by atoms with E-state index in [1.165, 1.54) is 11.8 Å². The Kier molecular flexibility index (Phi) is 5.78. The molecule has 0 radical (unpaired) electrons. The van der Waals surface area contributed by atoms with E-state index in [0.29, 0.717) is 39.6 Å². The molecule has 0 aliphatic rings. The summed E-state index contributed by atoms with van der Waals surface area (Å²) < 4.78 is 11.0. The van der Waals surface area contributed by atoms with E-state index < -0.39 is 0 Å². The zero-order chi connectivity index (χ0) is 20.2. The predicted molar refractivity (Wildman–Crippen MR) is 114 cm³/mol. The molecule has 0 saturated carbocycles. The van der Waals surface area contributed by atoms with Crippen LogP contribution in [0.4, 0.5) is 5.69 Å². The number of carbonyl (C=O) groups excluding carboxylic acids is 1. The summed E-state index contributed by atoms with van der Waals surface area (Å²) in [6.07, 6.45) is 3.55. The van der Waals surface area contributed by atoms with Crippen molar-refractivity contribution in [1.29, 1.82) is 0 Å². The summed E-state index contributed by atoms with van der Waals surface area (Å²) in [6, 6.07) is 12.8. The molecule has 4 rings (SSSR count). The van der Waals surface area contributed by atoms with Gasteiger partial charge in [-0.25, -0.2) is 4.98 Å². The zero-order valence-electron chi connectivity index (χ0n) is 15.6. The highest BCUT2D eigenvalue weighted by Gasteiger charge is 2.18. The van der Waals surface area contributed by atoms with Crippen LogP contribution in [0.2, 0.25) is 5.02 Å². The normalized spacial score (nSPS) is 11.0. The van der Waals surface area contributed by atoms with E-state index >= 15 is 0 Å². The SMILES string of the molecule is Cc1ccc(Cl)cc1NC(=O)CCSc1nc(-c2ccco2)c(-c2ccco2)[nH]1. The highest BCUT2D eigenvalue weighted by molar-refractivity contribution is 7.99. The van der Waals surface area contributed by atoms with E-state index in [-0.39, 0.29) is 5.91 Å². The van der Waals surface area contributed by atoms with Gasteiger partial charge in [-0.1, -0.05) is 29.4 Å². The molecule has 4 aromatic rings. The molecule has 6 nitrogen and oxygen atoms in total. The quantitative estimate of drug-likeness (QED) is 0.353. The van der Waals surface area contributed by atoms with Crippen LogP contribution in [0.5, 0.6) is 0 Å². The lowest BCUT2D eigenvalue weighted by Crippen LogP contribution is -2.13. The number of carbonyl (C=O) groups is 1. The van der Waals surface area contributed by atoms with Gasteiger partial charge in [0.15, 0.2) is 16.7 Å². The molecular formula is C21H18ClN3O3S. The van der Waals surface area contributed by atoms with Crippen molar-refractivity contribution in [2.24, 2.45) is 0 Å². The zero-order valence-corrected chi connectivity index (χ0v) is 17.1. The van der Waals surface area contributed by atoms with Gasteiger partial charge in [0.25, 0.3) is 0 Å². The van der Waals surface area contributed by atoms with Crippen molar-refractivity contribution >= 4 is 35.0 Å². The number of benzene rings is 1. The topological polar surface area (TPSA) is 84.1 Å². The van der Waals surface area contributed by atoms with Crippen LogP contribution in [0.3, 0.4) is 0 Å². The van der Waals surface area contributed by atoms with E-state index in [1.807, 2.05) is 37.3 Å². The van der Waals surface area contributed by atoms with Crippen molar-refractivity contribution in [1.82, 2.24) is 9.97 Å². The molecule has 0 aliphatic heterocycles. The monoisotopic (exact) mass is 427 g/mol. The first kappa shape index (κ1) is 19.4. The van der Waals surface area contributed by atoms with Crippen molar-refractivity contribution in [3.05, 3.63) is 65.6 Å². The number of aromatic amines is 1. The Hall–Kier alpha value is -2.90. The van der Waals surface area contributed by atoms with E-state index in [2.05, 4.69) is 15.3 Å².